The molecule has 1 aromatic heterocycles. The zero-order valence-corrected chi connectivity index (χ0v) is 9.52. The van der Waals surface area contributed by atoms with Gasteiger partial charge in [-0.1, -0.05) is 0 Å². The van der Waals surface area contributed by atoms with Gasteiger partial charge in [-0.25, -0.2) is 0 Å². The Labute approximate surface area is 94.4 Å². The van der Waals surface area contributed by atoms with Crippen LogP contribution in [0.4, 0.5) is 5.95 Å². The molecule has 1 unspecified atom stereocenters. The van der Waals surface area contributed by atoms with E-state index in [1.165, 1.54) is 12.8 Å². The van der Waals surface area contributed by atoms with Gasteiger partial charge in [-0.05, 0) is 24.9 Å². The first kappa shape index (κ1) is 11.3. The molecule has 0 spiro atoms. The zero-order chi connectivity index (χ0) is 11.6. The number of hydrogen-bond acceptors (Lipinski definition) is 6. The summed E-state index contributed by atoms with van der Waals surface area (Å²) in [5.41, 5.74) is 4.46. The smallest absolute Gasteiger partial charge is 0.266 e. The molecule has 3 N–H and O–H groups in total. The van der Waals surface area contributed by atoms with E-state index in [0.717, 1.165) is 13.1 Å². The summed E-state index contributed by atoms with van der Waals surface area (Å²) in [7, 11) is 0. The molecule has 1 saturated heterocycles. The Morgan fingerprint density at radius 3 is 2.81 bits per heavy atom. The number of hydrogen-bond donors (Lipinski definition) is 2. The Morgan fingerprint density at radius 2 is 2.19 bits per heavy atom. The summed E-state index contributed by atoms with van der Waals surface area (Å²) in [6.45, 7) is 3.79. The van der Waals surface area contributed by atoms with Crippen LogP contribution in [0, 0.1) is 0 Å². The van der Waals surface area contributed by atoms with Gasteiger partial charge >= 0.3 is 0 Å². The molecule has 0 aromatic carbocycles. The van der Waals surface area contributed by atoms with Crippen LogP contribution in [0.15, 0.2) is 4.52 Å². The first-order valence-corrected chi connectivity index (χ1v) is 5.61. The van der Waals surface area contributed by atoms with Crippen molar-refractivity contribution >= 4 is 5.95 Å². The molecular weight excluding hydrogens is 208 g/mol. The molecule has 1 fully saturated rings. The summed E-state index contributed by atoms with van der Waals surface area (Å²) in [6, 6.07) is 0. The summed E-state index contributed by atoms with van der Waals surface area (Å²) < 4.78 is 5.10. The summed E-state index contributed by atoms with van der Waals surface area (Å²) in [5, 5.41) is 13.7. The monoisotopic (exact) mass is 226 g/mol. The maximum absolute atomic E-state index is 9.78. The quantitative estimate of drug-likeness (QED) is 0.746. The van der Waals surface area contributed by atoms with Crippen LogP contribution in [-0.2, 0) is 6.42 Å². The first-order valence-electron chi connectivity index (χ1n) is 5.61. The van der Waals surface area contributed by atoms with Crippen molar-refractivity contribution in [2.24, 2.45) is 5.73 Å². The molecule has 1 aliphatic rings. The highest BCUT2D eigenvalue weighted by molar-refractivity contribution is 5.28. The normalized spacial score (nSPS) is 20.1. The van der Waals surface area contributed by atoms with Crippen LogP contribution in [0.1, 0.15) is 25.7 Å². The highest BCUT2D eigenvalue weighted by Gasteiger charge is 2.24. The molecule has 1 aromatic rings. The van der Waals surface area contributed by atoms with E-state index in [1.54, 1.807) is 6.92 Å². The van der Waals surface area contributed by atoms with Crippen LogP contribution in [0.25, 0.3) is 0 Å². The van der Waals surface area contributed by atoms with Gasteiger partial charge < -0.3 is 20.3 Å². The van der Waals surface area contributed by atoms with Crippen LogP contribution in [0.2, 0.25) is 0 Å². The lowest BCUT2D eigenvalue weighted by atomic mass is 10.0. The minimum absolute atomic E-state index is 0.175. The molecular formula is C10H18N4O2. The first-order chi connectivity index (χ1) is 7.61. The van der Waals surface area contributed by atoms with Crippen molar-refractivity contribution in [1.29, 1.82) is 0 Å². The summed E-state index contributed by atoms with van der Waals surface area (Å²) in [4.78, 5) is 6.35. The summed E-state index contributed by atoms with van der Waals surface area (Å²) in [5.74, 6) is 1.07. The van der Waals surface area contributed by atoms with E-state index < -0.39 is 5.60 Å². The molecule has 1 aliphatic heterocycles. The predicted molar refractivity (Wildman–Crippen MR) is 59.1 cm³/mol. The molecule has 0 saturated carbocycles. The van der Waals surface area contributed by atoms with Gasteiger partial charge in [0.2, 0.25) is 5.89 Å². The van der Waals surface area contributed by atoms with Crippen molar-refractivity contribution in [1.82, 2.24) is 10.1 Å². The summed E-state index contributed by atoms with van der Waals surface area (Å²) in [6.07, 6.45) is 2.64. The number of nitrogens with two attached hydrogens (primary N) is 1. The highest BCUT2D eigenvalue weighted by Crippen LogP contribution is 2.18. The molecule has 0 radical (unpaired) electrons. The standard InChI is InChI=1S/C10H18N4O2/c1-10(15,7-11)6-8-12-9(13-16-8)14-4-2-3-5-14/h15H,2-7,11H2,1H3. The van der Waals surface area contributed by atoms with Crippen molar-refractivity contribution in [3.05, 3.63) is 5.89 Å². The topological polar surface area (TPSA) is 88.4 Å². The maximum Gasteiger partial charge on any atom is 0.266 e. The second kappa shape index (κ2) is 4.39. The van der Waals surface area contributed by atoms with E-state index in [0.29, 0.717) is 18.3 Å². The van der Waals surface area contributed by atoms with Crippen molar-refractivity contribution < 1.29 is 9.63 Å². The van der Waals surface area contributed by atoms with E-state index in [1.807, 2.05) is 0 Å². The third-order valence-corrected chi connectivity index (χ3v) is 2.82. The van der Waals surface area contributed by atoms with E-state index in [2.05, 4.69) is 15.0 Å². The van der Waals surface area contributed by atoms with Gasteiger partial charge in [-0.3, -0.25) is 0 Å². The SMILES string of the molecule is CC(O)(CN)Cc1nc(N2CCCC2)no1. The minimum Gasteiger partial charge on any atom is -0.388 e. The van der Waals surface area contributed by atoms with E-state index in [4.69, 9.17) is 10.3 Å². The van der Waals surface area contributed by atoms with Gasteiger partial charge in [0, 0.05) is 19.6 Å². The molecule has 6 heteroatoms. The van der Waals surface area contributed by atoms with Gasteiger partial charge in [0.1, 0.15) is 0 Å². The Hall–Kier alpha value is -1.14. The number of aliphatic hydroxyl groups is 1. The molecule has 90 valence electrons. The van der Waals surface area contributed by atoms with Crippen LogP contribution in [0.3, 0.4) is 0 Å². The molecule has 16 heavy (non-hydrogen) atoms. The minimum atomic E-state index is -0.977. The molecule has 0 aliphatic carbocycles. The van der Waals surface area contributed by atoms with Crippen LogP contribution < -0.4 is 10.6 Å². The zero-order valence-electron chi connectivity index (χ0n) is 9.52. The lowest BCUT2D eigenvalue weighted by Crippen LogP contribution is -2.36. The third-order valence-electron chi connectivity index (χ3n) is 2.82. The van der Waals surface area contributed by atoms with Crippen molar-refractivity contribution in [2.75, 3.05) is 24.5 Å². The fourth-order valence-electron chi connectivity index (χ4n) is 1.76. The lowest BCUT2D eigenvalue weighted by molar-refractivity contribution is 0.0610. The maximum atomic E-state index is 9.78. The Morgan fingerprint density at radius 1 is 1.50 bits per heavy atom. The highest BCUT2D eigenvalue weighted by atomic mass is 16.5. The van der Waals surface area contributed by atoms with Gasteiger partial charge in [-0.2, -0.15) is 4.98 Å². The number of aromatic nitrogens is 2. The average molecular weight is 226 g/mol. The van der Waals surface area contributed by atoms with E-state index in [-0.39, 0.29) is 6.54 Å². The van der Waals surface area contributed by atoms with Gasteiger partial charge in [0.25, 0.3) is 5.95 Å². The van der Waals surface area contributed by atoms with Gasteiger partial charge in [0.05, 0.1) is 12.0 Å². The summed E-state index contributed by atoms with van der Waals surface area (Å²) >= 11 is 0. The van der Waals surface area contributed by atoms with Gasteiger partial charge in [0.15, 0.2) is 0 Å². The molecule has 0 amide bonds. The van der Waals surface area contributed by atoms with Crippen LogP contribution >= 0.6 is 0 Å². The van der Waals surface area contributed by atoms with Crippen LogP contribution in [-0.4, -0.2) is 40.5 Å². The molecule has 0 bridgehead atoms. The van der Waals surface area contributed by atoms with E-state index in [9.17, 15) is 5.11 Å². The molecule has 2 rings (SSSR count). The van der Waals surface area contributed by atoms with Gasteiger partial charge in [-0.15, -0.1) is 0 Å². The largest absolute Gasteiger partial charge is 0.388 e. The number of nitrogens with zero attached hydrogens (tertiary/aromatic N) is 3. The fourth-order valence-corrected chi connectivity index (χ4v) is 1.76. The number of rotatable bonds is 4. The van der Waals surface area contributed by atoms with Crippen molar-refractivity contribution in [3.63, 3.8) is 0 Å². The van der Waals surface area contributed by atoms with Crippen molar-refractivity contribution in [2.45, 2.75) is 31.8 Å². The van der Waals surface area contributed by atoms with Crippen molar-refractivity contribution in [3.8, 4) is 0 Å². The molecule has 1 atom stereocenters. The van der Waals surface area contributed by atoms with E-state index >= 15 is 0 Å². The molecule has 6 nitrogen and oxygen atoms in total. The molecule has 2 heterocycles. The average Bonchev–Trinajstić information content (AvgIpc) is 2.86. The Kier molecular flexibility index (Phi) is 3.11. The Balaban J connectivity index is 2.01. The van der Waals surface area contributed by atoms with Crippen LogP contribution in [0.5, 0.6) is 0 Å². The second-order valence-corrected chi connectivity index (χ2v) is 4.56. The predicted octanol–water partition coefficient (Wildman–Crippen LogP) is -0.0780. The fraction of sp³-hybridized carbons (Fsp3) is 0.800. The number of anilines is 1. The second-order valence-electron chi connectivity index (χ2n) is 4.56. The Bertz CT molecular complexity index is 344. The lowest BCUT2D eigenvalue weighted by Gasteiger charge is -2.17. The third kappa shape index (κ3) is 2.51.